The number of hydrogen-bond acceptors (Lipinski definition) is 0. The standard InChI is InChI=1S/C14H13/c1-12-6-5-9-14(10-12)11-13-7-3-2-4-8-13/h2-11H,1H3/q+1. The molecule has 0 aromatic heterocycles. The lowest BCUT2D eigenvalue weighted by Crippen LogP contribution is -1.84. The maximum Gasteiger partial charge on any atom is 0.0728 e. The highest BCUT2D eigenvalue weighted by Crippen LogP contribution is 2.12. The summed E-state index contributed by atoms with van der Waals surface area (Å²) in [5.74, 6) is 0. The monoisotopic (exact) mass is 181 g/mol. The van der Waals surface area contributed by atoms with Gasteiger partial charge in [-0.3, -0.25) is 0 Å². The van der Waals surface area contributed by atoms with Crippen LogP contribution in [0.1, 0.15) is 16.7 Å². The molecule has 14 heavy (non-hydrogen) atoms. The number of hydrogen-bond donors (Lipinski definition) is 0. The van der Waals surface area contributed by atoms with Gasteiger partial charge in [0.1, 0.15) is 0 Å². The Morgan fingerprint density at radius 1 is 0.786 bits per heavy atom. The Morgan fingerprint density at radius 3 is 2.21 bits per heavy atom. The summed E-state index contributed by atoms with van der Waals surface area (Å²) in [6.45, 7) is 2.11. The molecule has 0 saturated heterocycles. The molecule has 2 aromatic carbocycles. The second-order valence-corrected chi connectivity index (χ2v) is 3.47. The molecule has 0 aliphatic rings. The van der Waals surface area contributed by atoms with E-state index in [1.165, 1.54) is 16.7 Å². The lowest BCUT2D eigenvalue weighted by atomic mass is 10.0. The van der Waals surface area contributed by atoms with Crippen molar-refractivity contribution in [2.24, 2.45) is 0 Å². The van der Waals surface area contributed by atoms with Crippen LogP contribution in [0, 0.1) is 13.3 Å². The van der Waals surface area contributed by atoms with Crippen LogP contribution in [0.25, 0.3) is 0 Å². The summed E-state index contributed by atoms with van der Waals surface area (Å²) in [6, 6.07) is 18.9. The van der Waals surface area contributed by atoms with E-state index < -0.39 is 0 Å². The molecule has 0 nitrogen and oxygen atoms in total. The molecule has 0 N–H and O–H groups in total. The predicted molar refractivity (Wildman–Crippen MR) is 60.1 cm³/mol. The van der Waals surface area contributed by atoms with E-state index in [-0.39, 0.29) is 0 Å². The number of benzene rings is 2. The third-order valence-corrected chi connectivity index (χ3v) is 2.18. The molecule has 68 valence electrons. The van der Waals surface area contributed by atoms with E-state index in [1.807, 2.05) is 6.07 Å². The zero-order chi connectivity index (χ0) is 9.80. The van der Waals surface area contributed by atoms with Gasteiger partial charge in [0.05, 0.1) is 11.1 Å². The largest absolute Gasteiger partial charge is 0.0728 e. The molecule has 2 aromatic rings. The summed E-state index contributed by atoms with van der Waals surface area (Å²) in [5.41, 5.74) is 3.81. The molecule has 0 amide bonds. The van der Waals surface area contributed by atoms with Crippen molar-refractivity contribution < 1.29 is 0 Å². The van der Waals surface area contributed by atoms with Gasteiger partial charge in [-0.05, 0) is 42.8 Å². The zero-order valence-corrected chi connectivity index (χ0v) is 8.27. The van der Waals surface area contributed by atoms with E-state index in [0.717, 1.165) is 0 Å². The summed E-state index contributed by atoms with van der Waals surface area (Å²) in [7, 11) is 0. The van der Waals surface area contributed by atoms with Gasteiger partial charge in [0, 0.05) is 30.7 Å². The summed E-state index contributed by atoms with van der Waals surface area (Å²) < 4.78 is 0. The Kier molecular flexibility index (Phi) is 2.55. The van der Waals surface area contributed by atoms with Gasteiger partial charge in [-0.1, -0.05) is 0 Å². The van der Waals surface area contributed by atoms with Crippen molar-refractivity contribution in [3.63, 3.8) is 0 Å². The van der Waals surface area contributed by atoms with Crippen molar-refractivity contribution in [3.8, 4) is 0 Å². The van der Waals surface area contributed by atoms with E-state index in [4.69, 9.17) is 0 Å². The highest BCUT2D eigenvalue weighted by atomic mass is 14.0. The van der Waals surface area contributed by atoms with Gasteiger partial charge in [0.15, 0.2) is 0 Å². The molecule has 0 aliphatic heterocycles. The molecule has 0 fully saturated rings. The van der Waals surface area contributed by atoms with Gasteiger partial charge in [-0.25, -0.2) is 0 Å². The SMILES string of the molecule is Cc1cccc([CH+]c2ccccc2)c1. The maximum atomic E-state index is 2.19. The molecule has 0 heteroatoms. The topological polar surface area (TPSA) is 0 Å². The van der Waals surface area contributed by atoms with Gasteiger partial charge in [-0.15, -0.1) is 0 Å². The van der Waals surface area contributed by atoms with Crippen molar-refractivity contribution in [3.05, 3.63) is 77.7 Å². The third-order valence-electron chi connectivity index (χ3n) is 2.18. The molecule has 0 bridgehead atoms. The average molecular weight is 181 g/mol. The minimum absolute atomic E-state index is 1.25. The van der Waals surface area contributed by atoms with E-state index in [2.05, 4.69) is 61.9 Å². The quantitative estimate of drug-likeness (QED) is 0.621. The second-order valence-electron chi connectivity index (χ2n) is 3.47. The van der Waals surface area contributed by atoms with Crippen LogP contribution in [0.3, 0.4) is 0 Å². The smallest absolute Gasteiger partial charge is 0.0465 e. The second kappa shape index (κ2) is 4.01. The first-order valence-corrected chi connectivity index (χ1v) is 4.81. The van der Waals surface area contributed by atoms with Crippen LogP contribution in [-0.4, -0.2) is 0 Å². The molecule has 0 heterocycles. The van der Waals surface area contributed by atoms with Crippen molar-refractivity contribution >= 4 is 0 Å². The first-order chi connectivity index (χ1) is 6.84. The van der Waals surface area contributed by atoms with Crippen molar-refractivity contribution in [2.75, 3.05) is 0 Å². The molecule has 2 rings (SSSR count). The summed E-state index contributed by atoms with van der Waals surface area (Å²) >= 11 is 0. The molecule has 0 aliphatic carbocycles. The highest BCUT2D eigenvalue weighted by molar-refractivity contribution is 5.38. The van der Waals surface area contributed by atoms with Crippen molar-refractivity contribution in [1.82, 2.24) is 0 Å². The number of rotatable bonds is 2. The van der Waals surface area contributed by atoms with Gasteiger partial charge >= 0.3 is 0 Å². The van der Waals surface area contributed by atoms with Crippen LogP contribution in [0.2, 0.25) is 0 Å². The van der Waals surface area contributed by atoms with Crippen molar-refractivity contribution in [1.29, 1.82) is 0 Å². The summed E-state index contributed by atoms with van der Waals surface area (Å²) in [5, 5.41) is 0. The van der Waals surface area contributed by atoms with Gasteiger partial charge in [0.2, 0.25) is 0 Å². The van der Waals surface area contributed by atoms with Crippen LogP contribution in [0.4, 0.5) is 0 Å². The van der Waals surface area contributed by atoms with Crippen molar-refractivity contribution in [2.45, 2.75) is 6.92 Å². The zero-order valence-electron chi connectivity index (χ0n) is 8.27. The molecule has 0 spiro atoms. The maximum absolute atomic E-state index is 2.19. The van der Waals surface area contributed by atoms with Crippen LogP contribution in [0.5, 0.6) is 0 Å². The lowest BCUT2D eigenvalue weighted by molar-refractivity contribution is 1.38. The lowest BCUT2D eigenvalue weighted by Gasteiger charge is -1.95. The Morgan fingerprint density at radius 2 is 1.50 bits per heavy atom. The molecular formula is C14H13+. The molecule has 0 radical (unpaired) electrons. The van der Waals surface area contributed by atoms with Crippen LogP contribution in [0.15, 0.2) is 54.6 Å². The van der Waals surface area contributed by atoms with Gasteiger partial charge < -0.3 is 0 Å². The third kappa shape index (κ3) is 2.17. The Bertz CT molecular complexity index is 401. The molecule has 0 unspecified atom stereocenters. The minimum Gasteiger partial charge on any atom is -0.0465 e. The Labute approximate surface area is 85.2 Å². The van der Waals surface area contributed by atoms with Crippen LogP contribution in [-0.2, 0) is 0 Å². The Balaban J connectivity index is 2.19. The van der Waals surface area contributed by atoms with E-state index in [1.54, 1.807) is 0 Å². The fourth-order valence-corrected chi connectivity index (χ4v) is 1.50. The van der Waals surface area contributed by atoms with Gasteiger partial charge in [0.25, 0.3) is 0 Å². The average Bonchev–Trinajstić information content (AvgIpc) is 2.19. The fourth-order valence-electron chi connectivity index (χ4n) is 1.50. The molecular weight excluding hydrogens is 168 g/mol. The van der Waals surface area contributed by atoms with Crippen LogP contribution >= 0.6 is 0 Å². The predicted octanol–water partition coefficient (Wildman–Crippen LogP) is 3.60. The van der Waals surface area contributed by atoms with Crippen LogP contribution < -0.4 is 0 Å². The first kappa shape index (κ1) is 8.89. The fraction of sp³-hybridized carbons (Fsp3) is 0.0714. The molecule has 0 atom stereocenters. The van der Waals surface area contributed by atoms with E-state index in [9.17, 15) is 0 Å². The van der Waals surface area contributed by atoms with Gasteiger partial charge in [-0.2, -0.15) is 0 Å². The first-order valence-electron chi connectivity index (χ1n) is 4.81. The normalized spacial score (nSPS) is 9.79. The summed E-state index contributed by atoms with van der Waals surface area (Å²) in [4.78, 5) is 0. The Hall–Kier alpha value is -1.69. The van der Waals surface area contributed by atoms with E-state index in [0.29, 0.717) is 0 Å². The minimum atomic E-state index is 1.25. The van der Waals surface area contributed by atoms with E-state index >= 15 is 0 Å². The molecule has 0 saturated carbocycles. The summed E-state index contributed by atoms with van der Waals surface area (Å²) in [6.07, 6.45) is 2.19. The highest BCUT2D eigenvalue weighted by Gasteiger charge is 2.01. The number of aryl methyl sites for hydroxylation is 1.